The Morgan fingerprint density at radius 1 is 1.18 bits per heavy atom. The van der Waals surface area contributed by atoms with Gasteiger partial charge >= 0.3 is 6.09 Å². The standard InChI is InChI=1S/C26H26N4O3/c1-17-13-20-5-3-4-6-23(20)27-24(17)19-9-7-18(8-10-19)16-33-25-22(15-29(2)28-25)21-11-12-30(14-21)26(31)32/h3-10,13,15,21H,11-12,14,16H2,1-2H3,(H,31,32). The molecule has 7 nitrogen and oxygen atoms in total. The van der Waals surface area contributed by atoms with E-state index in [1.807, 2.05) is 31.4 Å². The van der Waals surface area contributed by atoms with Gasteiger partial charge in [-0.25, -0.2) is 9.78 Å². The molecule has 2 aromatic carbocycles. The van der Waals surface area contributed by atoms with Crippen LogP contribution in [0.1, 0.15) is 29.0 Å². The molecule has 0 bridgehead atoms. The monoisotopic (exact) mass is 442 g/mol. The molecule has 1 saturated heterocycles. The number of pyridine rings is 1. The summed E-state index contributed by atoms with van der Waals surface area (Å²) in [6, 6.07) is 18.6. The molecular formula is C26H26N4O3. The van der Waals surface area contributed by atoms with Crippen LogP contribution < -0.4 is 4.74 Å². The Kier molecular flexibility index (Phi) is 5.46. The number of carbonyl (C=O) groups is 1. The lowest BCUT2D eigenvalue weighted by Crippen LogP contribution is -2.26. The zero-order valence-corrected chi connectivity index (χ0v) is 18.7. The predicted molar refractivity (Wildman–Crippen MR) is 126 cm³/mol. The highest BCUT2D eigenvalue weighted by molar-refractivity contribution is 5.83. The lowest BCUT2D eigenvalue weighted by molar-refractivity contribution is 0.155. The number of para-hydroxylation sites is 1. The Morgan fingerprint density at radius 3 is 2.73 bits per heavy atom. The Bertz CT molecular complexity index is 1310. The number of aromatic nitrogens is 3. The first-order valence-corrected chi connectivity index (χ1v) is 11.1. The topological polar surface area (TPSA) is 80.5 Å². The van der Waals surface area contributed by atoms with Crippen LogP contribution in [0.2, 0.25) is 0 Å². The van der Waals surface area contributed by atoms with E-state index in [0.717, 1.165) is 45.3 Å². The fraction of sp³-hybridized carbons (Fsp3) is 0.269. The number of nitrogens with zero attached hydrogens (tertiary/aromatic N) is 4. The average Bonchev–Trinajstić information content (AvgIpc) is 3.44. The minimum absolute atomic E-state index is 0.106. The minimum Gasteiger partial charge on any atom is -0.472 e. The van der Waals surface area contributed by atoms with E-state index in [0.29, 0.717) is 25.6 Å². The number of amides is 1. The smallest absolute Gasteiger partial charge is 0.407 e. The number of aryl methyl sites for hydroxylation is 2. The number of ether oxygens (including phenoxy) is 1. The molecule has 3 heterocycles. The van der Waals surface area contributed by atoms with Crippen molar-refractivity contribution in [3.05, 3.63) is 77.5 Å². The van der Waals surface area contributed by atoms with Gasteiger partial charge in [-0.05, 0) is 36.6 Å². The fourth-order valence-electron chi connectivity index (χ4n) is 4.49. The summed E-state index contributed by atoms with van der Waals surface area (Å²) in [5, 5.41) is 14.9. The van der Waals surface area contributed by atoms with Crippen molar-refractivity contribution < 1.29 is 14.6 Å². The maximum atomic E-state index is 11.3. The summed E-state index contributed by atoms with van der Waals surface area (Å²) in [7, 11) is 1.86. The molecule has 1 N–H and O–H groups in total. The van der Waals surface area contributed by atoms with Crippen LogP contribution >= 0.6 is 0 Å². The summed E-state index contributed by atoms with van der Waals surface area (Å²) in [6.07, 6.45) is 1.84. The van der Waals surface area contributed by atoms with Crippen LogP contribution in [-0.2, 0) is 13.7 Å². The molecule has 5 rings (SSSR count). The lowest BCUT2D eigenvalue weighted by atomic mass is 10.0. The highest BCUT2D eigenvalue weighted by atomic mass is 16.5. The van der Waals surface area contributed by atoms with Crippen molar-refractivity contribution in [1.82, 2.24) is 19.7 Å². The summed E-state index contributed by atoms with van der Waals surface area (Å²) in [5.41, 5.74) is 6.18. The van der Waals surface area contributed by atoms with E-state index in [9.17, 15) is 9.90 Å². The Labute approximate surface area is 192 Å². The molecule has 0 spiro atoms. The van der Waals surface area contributed by atoms with Crippen molar-refractivity contribution >= 4 is 17.0 Å². The van der Waals surface area contributed by atoms with Crippen LogP contribution in [0.3, 0.4) is 0 Å². The van der Waals surface area contributed by atoms with Gasteiger partial charge in [-0.1, -0.05) is 42.5 Å². The van der Waals surface area contributed by atoms with E-state index < -0.39 is 6.09 Å². The highest BCUT2D eigenvalue weighted by Gasteiger charge is 2.30. The molecule has 0 aliphatic carbocycles. The first-order chi connectivity index (χ1) is 16.0. The minimum atomic E-state index is -0.875. The predicted octanol–water partition coefficient (Wildman–Crippen LogP) is 4.99. The molecule has 1 amide bonds. The maximum absolute atomic E-state index is 11.3. The molecule has 33 heavy (non-hydrogen) atoms. The summed E-state index contributed by atoms with van der Waals surface area (Å²) < 4.78 is 7.79. The molecule has 0 radical (unpaired) electrons. The summed E-state index contributed by atoms with van der Waals surface area (Å²) in [5.74, 6) is 0.681. The Hall–Kier alpha value is -3.87. The van der Waals surface area contributed by atoms with Gasteiger partial charge < -0.3 is 14.7 Å². The van der Waals surface area contributed by atoms with Crippen molar-refractivity contribution in [1.29, 1.82) is 0 Å². The van der Waals surface area contributed by atoms with Gasteiger partial charge in [-0.3, -0.25) is 4.68 Å². The number of fused-ring (bicyclic) bond motifs is 1. The van der Waals surface area contributed by atoms with E-state index in [1.165, 1.54) is 4.90 Å². The third kappa shape index (κ3) is 4.26. The molecule has 2 aromatic heterocycles. The number of carboxylic acid groups (broad SMARTS) is 1. The second-order valence-corrected chi connectivity index (χ2v) is 8.61. The van der Waals surface area contributed by atoms with Gasteiger partial charge in [-0.15, -0.1) is 5.10 Å². The van der Waals surface area contributed by atoms with Crippen LogP contribution in [0, 0.1) is 6.92 Å². The third-order valence-electron chi connectivity index (χ3n) is 6.24. The third-order valence-corrected chi connectivity index (χ3v) is 6.24. The molecule has 1 aliphatic rings. The molecule has 4 aromatic rings. The summed E-state index contributed by atoms with van der Waals surface area (Å²) >= 11 is 0. The van der Waals surface area contributed by atoms with Crippen molar-refractivity contribution in [2.45, 2.75) is 25.9 Å². The number of rotatable bonds is 5. The van der Waals surface area contributed by atoms with Crippen LogP contribution in [0.4, 0.5) is 4.79 Å². The van der Waals surface area contributed by atoms with E-state index in [4.69, 9.17) is 9.72 Å². The van der Waals surface area contributed by atoms with E-state index >= 15 is 0 Å². The number of benzene rings is 2. The molecule has 1 atom stereocenters. The van der Waals surface area contributed by atoms with Gasteiger partial charge in [0, 0.05) is 48.8 Å². The molecule has 0 saturated carbocycles. The second-order valence-electron chi connectivity index (χ2n) is 8.61. The highest BCUT2D eigenvalue weighted by Crippen LogP contribution is 2.33. The van der Waals surface area contributed by atoms with Gasteiger partial charge in [0.15, 0.2) is 0 Å². The maximum Gasteiger partial charge on any atom is 0.407 e. The first-order valence-electron chi connectivity index (χ1n) is 11.1. The van der Waals surface area contributed by atoms with E-state index in [2.05, 4.69) is 48.4 Å². The van der Waals surface area contributed by atoms with E-state index in [1.54, 1.807) is 4.68 Å². The lowest BCUT2D eigenvalue weighted by Gasteiger charge is -2.13. The quantitative estimate of drug-likeness (QED) is 0.471. The normalized spacial score (nSPS) is 15.8. The van der Waals surface area contributed by atoms with Crippen molar-refractivity contribution in [2.75, 3.05) is 13.1 Å². The van der Waals surface area contributed by atoms with Crippen LogP contribution in [0.15, 0.2) is 60.8 Å². The molecule has 7 heteroatoms. The van der Waals surface area contributed by atoms with Crippen LogP contribution in [-0.4, -0.2) is 44.0 Å². The molecule has 1 unspecified atom stereocenters. The van der Waals surface area contributed by atoms with Crippen molar-refractivity contribution in [2.24, 2.45) is 7.05 Å². The van der Waals surface area contributed by atoms with Gasteiger partial charge in [0.2, 0.25) is 5.88 Å². The molecular weight excluding hydrogens is 416 g/mol. The van der Waals surface area contributed by atoms with Gasteiger partial charge in [-0.2, -0.15) is 0 Å². The van der Waals surface area contributed by atoms with Crippen molar-refractivity contribution in [3.63, 3.8) is 0 Å². The molecule has 1 fully saturated rings. The van der Waals surface area contributed by atoms with Crippen molar-refractivity contribution in [3.8, 4) is 17.1 Å². The van der Waals surface area contributed by atoms with Gasteiger partial charge in [0.1, 0.15) is 6.61 Å². The average molecular weight is 443 g/mol. The van der Waals surface area contributed by atoms with Gasteiger partial charge in [0.25, 0.3) is 0 Å². The SMILES string of the molecule is Cc1cc2ccccc2nc1-c1ccc(COc2nn(C)cc2C2CCN(C(=O)O)C2)cc1. The second kappa shape index (κ2) is 8.58. The van der Waals surface area contributed by atoms with E-state index in [-0.39, 0.29) is 5.92 Å². The Morgan fingerprint density at radius 2 is 1.97 bits per heavy atom. The summed E-state index contributed by atoms with van der Waals surface area (Å²) in [4.78, 5) is 17.6. The Balaban J connectivity index is 1.30. The largest absolute Gasteiger partial charge is 0.472 e. The fourth-order valence-corrected chi connectivity index (χ4v) is 4.49. The molecule has 1 aliphatic heterocycles. The van der Waals surface area contributed by atoms with Crippen LogP contribution in [0.5, 0.6) is 5.88 Å². The number of hydrogen-bond acceptors (Lipinski definition) is 4. The number of likely N-dealkylation sites (tertiary alicyclic amines) is 1. The zero-order valence-electron chi connectivity index (χ0n) is 18.7. The molecule has 168 valence electrons. The summed E-state index contributed by atoms with van der Waals surface area (Å²) in [6.45, 7) is 3.49. The zero-order chi connectivity index (χ0) is 22.9. The number of hydrogen-bond donors (Lipinski definition) is 1. The first kappa shape index (κ1) is 21.0. The van der Waals surface area contributed by atoms with Gasteiger partial charge in [0.05, 0.1) is 11.2 Å². The van der Waals surface area contributed by atoms with Crippen LogP contribution in [0.25, 0.3) is 22.2 Å².